The number of fused-ring (bicyclic) bond motifs is 1. The number of rotatable bonds is 7. The summed E-state index contributed by atoms with van der Waals surface area (Å²) in [5, 5.41) is 3.36. The summed E-state index contributed by atoms with van der Waals surface area (Å²) >= 11 is 2.14. The summed E-state index contributed by atoms with van der Waals surface area (Å²) in [5.74, 6) is 5.23. The smallest absolute Gasteiger partial charge is 0.348 e. The lowest BCUT2D eigenvalue weighted by molar-refractivity contribution is -0.113. The van der Waals surface area contributed by atoms with Gasteiger partial charge in [-0.1, -0.05) is 36.9 Å². The molecule has 0 bridgehead atoms. The molecule has 0 spiro atoms. The van der Waals surface area contributed by atoms with Gasteiger partial charge in [-0.2, -0.15) is 0 Å². The van der Waals surface area contributed by atoms with Crippen molar-refractivity contribution in [3.63, 3.8) is 0 Å². The molecule has 1 aromatic carbocycles. The van der Waals surface area contributed by atoms with Crippen LogP contribution >= 0.6 is 23.1 Å². The Labute approximate surface area is 181 Å². The number of nitrogen functional groups attached to an aromatic ring is 1. The van der Waals surface area contributed by atoms with Crippen molar-refractivity contribution in [2.24, 2.45) is 0 Å². The van der Waals surface area contributed by atoms with Gasteiger partial charge in [-0.3, -0.25) is 9.59 Å². The summed E-state index contributed by atoms with van der Waals surface area (Å²) in [6.45, 7) is 5.63. The van der Waals surface area contributed by atoms with Crippen molar-refractivity contribution >= 4 is 50.9 Å². The van der Waals surface area contributed by atoms with Crippen LogP contribution in [0.25, 0.3) is 10.2 Å². The number of aromatic nitrogens is 2. The summed E-state index contributed by atoms with van der Waals surface area (Å²) in [7, 11) is 0. The maximum Gasteiger partial charge on any atom is 0.348 e. The van der Waals surface area contributed by atoms with Gasteiger partial charge in [0.2, 0.25) is 5.91 Å². The van der Waals surface area contributed by atoms with Crippen LogP contribution in [-0.2, 0) is 16.0 Å². The largest absolute Gasteiger partial charge is 0.462 e. The van der Waals surface area contributed by atoms with Crippen LogP contribution in [-0.4, -0.2) is 33.9 Å². The van der Waals surface area contributed by atoms with Gasteiger partial charge in [0.1, 0.15) is 9.71 Å². The minimum absolute atomic E-state index is 0.0300. The van der Waals surface area contributed by atoms with Crippen LogP contribution in [0.4, 0.5) is 5.69 Å². The number of ether oxygens (including phenoxy) is 1. The number of carbonyl (C=O) groups excluding carboxylic acids is 2. The molecule has 0 atom stereocenters. The molecule has 10 heteroatoms. The molecular formula is C20H22N4O4S2. The first-order chi connectivity index (χ1) is 14.4. The van der Waals surface area contributed by atoms with E-state index in [0.717, 1.165) is 45.4 Å². The van der Waals surface area contributed by atoms with Crippen LogP contribution < -0.4 is 16.7 Å². The number of aryl methyl sites for hydroxylation is 2. The SMILES string of the molecule is CCOC(=O)c1sc2nc(SCC(=O)Nc3ccccc3CC)n(N)c(=O)c2c1C. The molecule has 2 aromatic heterocycles. The maximum atomic E-state index is 12.7. The number of thiophene rings is 1. The number of nitrogens with one attached hydrogen (secondary N) is 1. The molecule has 0 aliphatic carbocycles. The highest BCUT2D eigenvalue weighted by Crippen LogP contribution is 2.29. The van der Waals surface area contributed by atoms with Crippen LogP contribution in [0, 0.1) is 6.92 Å². The highest BCUT2D eigenvalue weighted by molar-refractivity contribution is 7.99. The lowest BCUT2D eigenvalue weighted by Gasteiger charge is -2.10. The Bertz CT molecular complexity index is 1170. The average molecular weight is 447 g/mol. The third-order valence-corrected chi connectivity index (χ3v) is 6.55. The first kappa shape index (κ1) is 21.8. The third kappa shape index (κ3) is 4.34. The number of amides is 1. The summed E-state index contributed by atoms with van der Waals surface area (Å²) in [5.41, 5.74) is 1.82. The number of hydrogen-bond acceptors (Lipinski definition) is 8. The quantitative estimate of drug-likeness (QED) is 0.248. The Hall–Kier alpha value is -2.85. The van der Waals surface area contributed by atoms with Gasteiger partial charge in [-0.25, -0.2) is 14.5 Å². The highest BCUT2D eigenvalue weighted by Gasteiger charge is 2.22. The van der Waals surface area contributed by atoms with Crippen LogP contribution in [0.3, 0.4) is 0 Å². The van der Waals surface area contributed by atoms with E-state index in [2.05, 4.69) is 10.3 Å². The van der Waals surface area contributed by atoms with Gasteiger partial charge < -0.3 is 15.9 Å². The first-order valence-corrected chi connectivity index (χ1v) is 11.2. The topological polar surface area (TPSA) is 116 Å². The lowest BCUT2D eigenvalue weighted by Crippen LogP contribution is -2.30. The molecule has 0 unspecified atom stereocenters. The van der Waals surface area contributed by atoms with Gasteiger partial charge in [0, 0.05) is 5.69 Å². The fourth-order valence-electron chi connectivity index (χ4n) is 2.94. The van der Waals surface area contributed by atoms with Crippen molar-refractivity contribution in [3.8, 4) is 0 Å². The van der Waals surface area contributed by atoms with Gasteiger partial charge in [0.25, 0.3) is 5.56 Å². The Balaban J connectivity index is 1.82. The van der Waals surface area contributed by atoms with Crippen LogP contribution in [0.1, 0.15) is 34.6 Å². The van der Waals surface area contributed by atoms with Gasteiger partial charge in [0.05, 0.1) is 17.7 Å². The fraction of sp³-hybridized carbons (Fsp3) is 0.300. The molecule has 158 valence electrons. The summed E-state index contributed by atoms with van der Waals surface area (Å²) in [6.07, 6.45) is 0.796. The minimum Gasteiger partial charge on any atom is -0.462 e. The van der Waals surface area contributed by atoms with Crippen molar-refractivity contribution < 1.29 is 14.3 Å². The molecule has 3 N–H and O–H groups in total. The van der Waals surface area contributed by atoms with Crippen molar-refractivity contribution in [3.05, 3.63) is 50.6 Å². The number of benzene rings is 1. The molecular weight excluding hydrogens is 424 g/mol. The standard InChI is InChI=1S/C20H22N4O4S2/c1-4-12-8-6-7-9-13(12)22-14(25)10-29-20-23-17-15(18(26)24(20)21)11(3)16(30-17)19(27)28-5-2/h6-9H,4-5,10,21H2,1-3H3,(H,22,25). The van der Waals surface area contributed by atoms with E-state index in [-0.39, 0.29) is 28.8 Å². The molecule has 0 radical (unpaired) electrons. The Morgan fingerprint density at radius 3 is 2.73 bits per heavy atom. The molecule has 3 rings (SSSR count). The van der Waals surface area contributed by atoms with Crippen molar-refractivity contribution in [2.75, 3.05) is 23.5 Å². The van der Waals surface area contributed by atoms with E-state index in [0.29, 0.717) is 15.3 Å². The monoisotopic (exact) mass is 446 g/mol. The normalized spacial score (nSPS) is 10.9. The van der Waals surface area contributed by atoms with E-state index < -0.39 is 11.5 Å². The molecule has 0 aliphatic heterocycles. The molecule has 0 saturated carbocycles. The first-order valence-electron chi connectivity index (χ1n) is 9.36. The van der Waals surface area contributed by atoms with Gasteiger partial charge in [-0.15, -0.1) is 11.3 Å². The molecule has 8 nitrogen and oxygen atoms in total. The van der Waals surface area contributed by atoms with Crippen molar-refractivity contribution in [1.29, 1.82) is 0 Å². The number of thioether (sulfide) groups is 1. The van der Waals surface area contributed by atoms with E-state index in [9.17, 15) is 14.4 Å². The summed E-state index contributed by atoms with van der Waals surface area (Å²) in [6, 6.07) is 7.57. The second kappa shape index (κ2) is 9.31. The minimum atomic E-state index is -0.496. The number of carbonyl (C=O) groups is 2. The number of nitrogens with zero attached hydrogens (tertiary/aromatic N) is 2. The van der Waals surface area contributed by atoms with E-state index >= 15 is 0 Å². The van der Waals surface area contributed by atoms with Crippen molar-refractivity contribution in [2.45, 2.75) is 32.3 Å². The maximum absolute atomic E-state index is 12.7. The van der Waals surface area contributed by atoms with E-state index in [1.54, 1.807) is 13.8 Å². The molecule has 0 saturated heterocycles. The zero-order chi connectivity index (χ0) is 21.8. The second-order valence-electron chi connectivity index (χ2n) is 6.37. The number of anilines is 1. The fourth-order valence-corrected chi connectivity index (χ4v) is 4.77. The van der Waals surface area contributed by atoms with Crippen LogP contribution in [0.5, 0.6) is 0 Å². The molecule has 30 heavy (non-hydrogen) atoms. The number of esters is 1. The number of hydrogen-bond donors (Lipinski definition) is 2. The highest BCUT2D eigenvalue weighted by atomic mass is 32.2. The zero-order valence-corrected chi connectivity index (χ0v) is 18.5. The van der Waals surface area contributed by atoms with Crippen molar-refractivity contribution in [1.82, 2.24) is 9.66 Å². The molecule has 0 aliphatic rings. The number of nitrogens with two attached hydrogens (primary N) is 1. The van der Waals surface area contributed by atoms with E-state index in [1.807, 2.05) is 31.2 Å². The summed E-state index contributed by atoms with van der Waals surface area (Å²) < 4.78 is 5.95. The van der Waals surface area contributed by atoms with E-state index in [4.69, 9.17) is 10.6 Å². The summed E-state index contributed by atoms with van der Waals surface area (Å²) in [4.78, 5) is 42.3. The lowest BCUT2D eigenvalue weighted by atomic mass is 10.1. The van der Waals surface area contributed by atoms with Gasteiger partial charge in [-0.05, 0) is 37.5 Å². The van der Waals surface area contributed by atoms with Gasteiger partial charge >= 0.3 is 5.97 Å². The average Bonchev–Trinajstić information content (AvgIpc) is 3.06. The second-order valence-corrected chi connectivity index (χ2v) is 8.32. The molecule has 1 amide bonds. The number of para-hydroxylation sites is 1. The van der Waals surface area contributed by atoms with Gasteiger partial charge in [0.15, 0.2) is 5.16 Å². The van der Waals surface area contributed by atoms with Crippen LogP contribution in [0.15, 0.2) is 34.2 Å². The Morgan fingerprint density at radius 1 is 1.30 bits per heavy atom. The third-order valence-electron chi connectivity index (χ3n) is 4.43. The van der Waals surface area contributed by atoms with Crippen LogP contribution in [0.2, 0.25) is 0 Å². The Morgan fingerprint density at radius 2 is 2.03 bits per heavy atom. The molecule has 0 fully saturated rings. The molecule has 3 aromatic rings. The predicted octanol–water partition coefficient (Wildman–Crippen LogP) is 2.95. The predicted molar refractivity (Wildman–Crippen MR) is 120 cm³/mol. The van der Waals surface area contributed by atoms with E-state index in [1.165, 1.54) is 0 Å². The zero-order valence-electron chi connectivity index (χ0n) is 16.9. The molecule has 2 heterocycles. The Kier molecular flexibility index (Phi) is 6.78.